The molecule has 2 N–H and O–H groups in total. The van der Waals surface area contributed by atoms with E-state index in [2.05, 4.69) is 10.1 Å². The Morgan fingerprint density at radius 1 is 1.31 bits per heavy atom. The van der Waals surface area contributed by atoms with Crippen LogP contribution < -0.4 is 10.1 Å². The number of hydrogen-bond donors (Lipinski definition) is 2. The number of ether oxygens (including phenoxy) is 2. The zero-order chi connectivity index (χ0) is 12.0. The molecule has 0 heterocycles. The van der Waals surface area contributed by atoms with Gasteiger partial charge in [0.1, 0.15) is 5.75 Å². The lowest BCUT2D eigenvalue weighted by Crippen LogP contribution is -2.16. The molecule has 86 valence electrons. The van der Waals surface area contributed by atoms with E-state index in [0.717, 1.165) is 0 Å². The number of rotatable bonds is 3. The van der Waals surface area contributed by atoms with Crippen LogP contribution >= 0.6 is 0 Å². The first kappa shape index (κ1) is 11.8. The van der Waals surface area contributed by atoms with Gasteiger partial charge in [0.2, 0.25) is 0 Å². The van der Waals surface area contributed by atoms with Crippen LogP contribution in [0.4, 0.5) is 15.3 Å². The molecule has 0 aliphatic rings. The molecule has 0 atom stereocenters. The molecule has 1 rings (SSSR count). The topological polar surface area (TPSA) is 84.9 Å². The minimum atomic E-state index is -1.65. The second-order valence-corrected chi connectivity index (χ2v) is 2.74. The van der Waals surface area contributed by atoms with Crippen LogP contribution in [0.25, 0.3) is 0 Å². The summed E-state index contributed by atoms with van der Waals surface area (Å²) >= 11 is 0. The first-order valence-corrected chi connectivity index (χ1v) is 4.56. The molecule has 0 bridgehead atoms. The van der Waals surface area contributed by atoms with E-state index in [1.165, 1.54) is 0 Å². The van der Waals surface area contributed by atoms with Gasteiger partial charge < -0.3 is 14.6 Å². The van der Waals surface area contributed by atoms with Crippen molar-refractivity contribution in [3.05, 3.63) is 24.3 Å². The summed E-state index contributed by atoms with van der Waals surface area (Å²) < 4.78 is 9.06. The zero-order valence-electron chi connectivity index (χ0n) is 8.60. The number of hydrogen-bond acceptors (Lipinski definition) is 4. The van der Waals surface area contributed by atoms with Gasteiger partial charge in [0, 0.05) is 5.69 Å². The van der Waals surface area contributed by atoms with Gasteiger partial charge in [0.25, 0.3) is 0 Å². The first-order chi connectivity index (χ1) is 7.61. The van der Waals surface area contributed by atoms with Crippen LogP contribution in [0.5, 0.6) is 5.75 Å². The summed E-state index contributed by atoms with van der Waals surface area (Å²) in [5.41, 5.74) is 0.426. The maximum atomic E-state index is 10.9. The van der Waals surface area contributed by atoms with Crippen LogP contribution in [-0.2, 0) is 4.74 Å². The number of carboxylic acid groups (broad SMARTS) is 1. The summed E-state index contributed by atoms with van der Waals surface area (Å²) in [7, 11) is 0. The van der Waals surface area contributed by atoms with Gasteiger partial charge in [0.05, 0.1) is 6.61 Å². The Hall–Kier alpha value is -2.24. The fourth-order valence-corrected chi connectivity index (χ4v) is 1.02. The fraction of sp³-hybridized carbons (Fsp3) is 0.200. The highest BCUT2D eigenvalue weighted by molar-refractivity contribution is 5.90. The first-order valence-electron chi connectivity index (χ1n) is 4.56. The number of anilines is 1. The van der Waals surface area contributed by atoms with E-state index in [1.54, 1.807) is 24.3 Å². The second-order valence-electron chi connectivity index (χ2n) is 2.74. The van der Waals surface area contributed by atoms with E-state index in [9.17, 15) is 9.59 Å². The number of carbonyl (C=O) groups excluding carboxylic acids is 1. The third-order valence-electron chi connectivity index (χ3n) is 1.59. The third kappa shape index (κ3) is 3.87. The largest absolute Gasteiger partial charge is 0.514 e. The van der Waals surface area contributed by atoms with Crippen molar-refractivity contribution in [2.24, 2.45) is 0 Å². The van der Waals surface area contributed by atoms with Crippen molar-refractivity contribution < 1.29 is 24.2 Å². The van der Waals surface area contributed by atoms with Gasteiger partial charge in [-0.15, -0.1) is 0 Å². The van der Waals surface area contributed by atoms with Crippen LogP contribution in [0.2, 0.25) is 0 Å². The van der Waals surface area contributed by atoms with Gasteiger partial charge in [-0.05, 0) is 31.2 Å². The number of benzene rings is 1. The van der Waals surface area contributed by atoms with Crippen LogP contribution in [-0.4, -0.2) is 24.0 Å². The van der Waals surface area contributed by atoms with E-state index < -0.39 is 12.2 Å². The minimum absolute atomic E-state index is 0.426. The van der Waals surface area contributed by atoms with E-state index in [0.29, 0.717) is 18.0 Å². The van der Waals surface area contributed by atoms with Crippen molar-refractivity contribution in [3.63, 3.8) is 0 Å². The zero-order valence-corrected chi connectivity index (χ0v) is 8.60. The standard InChI is InChI=1S/C10H11NO5/c1-2-15-8-5-3-7(4-6-8)11-9(12)16-10(13)14/h3-6H,2H2,1H3,(H,11,12)(H,13,14). The molecular formula is C10H11NO5. The molecule has 0 saturated carbocycles. The molecule has 0 unspecified atom stereocenters. The van der Waals surface area contributed by atoms with Crippen LogP contribution in [0.3, 0.4) is 0 Å². The molecule has 0 radical (unpaired) electrons. The van der Waals surface area contributed by atoms with Crippen LogP contribution in [0, 0.1) is 0 Å². The summed E-state index contributed by atoms with van der Waals surface area (Å²) in [5, 5.41) is 10.4. The highest BCUT2D eigenvalue weighted by atomic mass is 16.7. The highest BCUT2D eigenvalue weighted by Gasteiger charge is 2.07. The summed E-state index contributed by atoms with van der Waals surface area (Å²) in [5.74, 6) is 0.666. The molecule has 0 saturated heterocycles. The molecule has 0 aromatic heterocycles. The quantitative estimate of drug-likeness (QED) is 0.609. The van der Waals surface area contributed by atoms with Gasteiger partial charge in [-0.25, -0.2) is 9.59 Å². The predicted molar refractivity (Wildman–Crippen MR) is 55.7 cm³/mol. The van der Waals surface area contributed by atoms with E-state index in [-0.39, 0.29) is 0 Å². The lowest BCUT2D eigenvalue weighted by molar-refractivity contribution is 0.116. The molecule has 1 aromatic rings. The molecule has 0 spiro atoms. The number of amides is 1. The Morgan fingerprint density at radius 3 is 2.44 bits per heavy atom. The highest BCUT2D eigenvalue weighted by Crippen LogP contribution is 2.15. The Morgan fingerprint density at radius 2 is 1.94 bits per heavy atom. The summed E-state index contributed by atoms with van der Waals surface area (Å²) in [4.78, 5) is 20.9. The molecule has 0 aliphatic heterocycles. The molecular weight excluding hydrogens is 214 g/mol. The van der Waals surface area contributed by atoms with Gasteiger partial charge in [-0.2, -0.15) is 0 Å². The maximum absolute atomic E-state index is 10.9. The normalized spacial score (nSPS) is 9.31. The molecule has 0 aliphatic carbocycles. The molecule has 6 heteroatoms. The molecule has 0 fully saturated rings. The van der Waals surface area contributed by atoms with Crippen LogP contribution in [0.1, 0.15) is 6.92 Å². The second kappa shape index (κ2) is 5.59. The van der Waals surface area contributed by atoms with E-state index in [1.807, 2.05) is 6.92 Å². The van der Waals surface area contributed by atoms with Crippen LogP contribution in [0.15, 0.2) is 24.3 Å². The minimum Gasteiger partial charge on any atom is -0.494 e. The van der Waals surface area contributed by atoms with Crippen molar-refractivity contribution in [2.75, 3.05) is 11.9 Å². The average molecular weight is 225 g/mol. The van der Waals surface area contributed by atoms with E-state index >= 15 is 0 Å². The summed E-state index contributed by atoms with van der Waals surface area (Å²) in [6.07, 6.45) is -2.69. The van der Waals surface area contributed by atoms with E-state index in [4.69, 9.17) is 9.84 Å². The Kier molecular flexibility index (Phi) is 4.14. The fourth-order valence-electron chi connectivity index (χ4n) is 1.02. The summed E-state index contributed by atoms with van der Waals surface area (Å²) in [6.45, 7) is 2.41. The predicted octanol–water partition coefficient (Wildman–Crippen LogP) is 2.31. The third-order valence-corrected chi connectivity index (χ3v) is 1.59. The monoisotopic (exact) mass is 225 g/mol. The molecule has 1 amide bonds. The number of nitrogens with one attached hydrogen (secondary N) is 1. The van der Waals surface area contributed by atoms with Gasteiger partial charge >= 0.3 is 12.2 Å². The number of carbonyl (C=O) groups is 2. The lowest BCUT2D eigenvalue weighted by Gasteiger charge is -2.05. The molecule has 6 nitrogen and oxygen atoms in total. The van der Waals surface area contributed by atoms with Gasteiger partial charge in [-0.3, -0.25) is 5.32 Å². The van der Waals surface area contributed by atoms with Crippen molar-refractivity contribution in [1.82, 2.24) is 0 Å². The van der Waals surface area contributed by atoms with Gasteiger partial charge in [0.15, 0.2) is 0 Å². The smallest absolute Gasteiger partial charge is 0.494 e. The lowest BCUT2D eigenvalue weighted by atomic mass is 10.3. The average Bonchev–Trinajstić information content (AvgIpc) is 2.20. The maximum Gasteiger partial charge on any atom is 0.514 e. The molecule has 16 heavy (non-hydrogen) atoms. The van der Waals surface area contributed by atoms with Crippen molar-refractivity contribution in [3.8, 4) is 5.75 Å². The Labute approximate surface area is 91.8 Å². The Balaban J connectivity index is 2.54. The Bertz CT molecular complexity index is 373. The van der Waals surface area contributed by atoms with Crippen molar-refractivity contribution in [1.29, 1.82) is 0 Å². The van der Waals surface area contributed by atoms with Gasteiger partial charge in [-0.1, -0.05) is 0 Å². The van der Waals surface area contributed by atoms with Crippen molar-refractivity contribution >= 4 is 17.9 Å². The SMILES string of the molecule is CCOc1ccc(NC(=O)OC(=O)O)cc1. The van der Waals surface area contributed by atoms with Crippen molar-refractivity contribution in [2.45, 2.75) is 6.92 Å². The summed E-state index contributed by atoms with van der Waals surface area (Å²) in [6, 6.07) is 6.46. The molecule has 1 aromatic carbocycles.